The SMILES string of the molecule is OC1c2ccccc2CC1N1CCOC(C2CCCO2)C1. The largest absolute Gasteiger partial charge is 0.387 e. The Morgan fingerprint density at radius 1 is 1.10 bits per heavy atom. The van der Waals surface area contributed by atoms with Gasteiger partial charge in [0.15, 0.2) is 0 Å². The number of fused-ring (bicyclic) bond motifs is 1. The second-order valence-electron chi connectivity index (χ2n) is 6.37. The molecule has 2 aliphatic heterocycles. The maximum absolute atomic E-state index is 10.6. The zero-order chi connectivity index (χ0) is 14.2. The van der Waals surface area contributed by atoms with Crippen molar-refractivity contribution >= 4 is 0 Å². The maximum atomic E-state index is 10.6. The van der Waals surface area contributed by atoms with Gasteiger partial charge in [-0.3, -0.25) is 4.90 Å². The predicted octanol–water partition coefficient (Wildman–Crippen LogP) is 1.52. The smallest absolute Gasteiger partial charge is 0.0963 e. The number of rotatable bonds is 2. The molecule has 0 saturated carbocycles. The van der Waals surface area contributed by atoms with E-state index in [9.17, 15) is 5.11 Å². The minimum atomic E-state index is -0.371. The molecule has 0 radical (unpaired) electrons. The third-order valence-corrected chi connectivity index (χ3v) is 5.14. The highest BCUT2D eigenvalue weighted by Gasteiger charge is 2.39. The van der Waals surface area contributed by atoms with Crippen molar-refractivity contribution in [3.63, 3.8) is 0 Å². The summed E-state index contributed by atoms with van der Waals surface area (Å²) in [5.41, 5.74) is 2.39. The van der Waals surface area contributed by atoms with E-state index in [1.807, 2.05) is 6.07 Å². The molecule has 1 aromatic carbocycles. The molecule has 4 unspecified atom stereocenters. The predicted molar refractivity (Wildman–Crippen MR) is 79.2 cm³/mol. The summed E-state index contributed by atoms with van der Waals surface area (Å²) in [5, 5.41) is 10.6. The fourth-order valence-electron chi connectivity index (χ4n) is 4.00. The van der Waals surface area contributed by atoms with Gasteiger partial charge in [0.05, 0.1) is 24.9 Å². The van der Waals surface area contributed by atoms with E-state index in [1.54, 1.807) is 0 Å². The van der Waals surface area contributed by atoms with E-state index in [0.717, 1.165) is 51.1 Å². The lowest BCUT2D eigenvalue weighted by Crippen LogP contribution is -2.52. The van der Waals surface area contributed by atoms with Crippen LogP contribution in [0.25, 0.3) is 0 Å². The maximum Gasteiger partial charge on any atom is 0.0963 e. The van der Waals surface area contributed by atoms with Gasteiger partial charge in [-0.2, -0.15) is 0 Å². The third-order valence-electron chi connectivity index (χ3n) is 5.14. The molecule has 0 bridgehead atoms. The second kappa shape index (κ2) is 5.69. The van der Waals surface area contributed by atoms with Gasteiger partial charge in [0.25, 0.3) is 0 Å². The Labute approximate surface area is 125 Å². The van der Waals surface area contributed by atoms with Crippen molar-refractivity contribution < 1.29 is 14.6 Å². The first-order chi connectivity index (χ1) is 10.3. The molecular weight excluding hydrogens is 266 g/mol. The van der Waals surface area contributed by atoms with Crippen LogP contribution in [0.3, 0.4) is 0 Å². The molecule has 21 heavy (non-hydrogen) atoms. The van der Waals surface area contributed by atoms with Crippen molar-refractivity contribution in [1.29, 1.82) is 0 Å². The molecule has 0 aromatic heterocycles. The summed E-state index contributed by atoms with van der Waals surface area (Å²) in [6, 6.07) is 8.45. The molecule has 2 saturated heterocycles. The first-order valence-electron chi connectivity index (χ1n) is 8.06. The van der Waals surface area contributed by atoms with Crippen LogP contribution < -0.4 is 0 Å². The average molecular weight is 289 g/mol. The van der Waals surface area contributed by atoms with E-state index < -0.39 is 0 Å². The summed E-state index contributed by atoms with van der Waals surface area (Å²) < 4.78 is 11.7. The fourth-order valence-corrected chi connectivity index (χ4v) is 4.00. The number of nitrogens with zero attached hydrogens (tertiary/aromatic N) is 1. The number of hydrogen-bond donors (Lipinski definition) is 1. The van der Waals surface area contributed by atoms with E-state index in [0.29, 0.717) is 0 Å². The Kier molecular flexibility index (Phi) is 3.71. The minimum Gasteiger partial charge on any atom is -0.387 e. The van der Waals surface area contributed by atoms with E-state index >= 15 is 0 Å². The van der Waals surface area contributed by atoms with E-state index in [4.69, 9.17) is 9.47 Å². The van der Waals surface area contributed by atoms with Crippen molar-refractivity contribution in [3.8, 4) is 0 Å². The Balaban J connectivity index is 1.47. The van der Waals surface area contributed by atoms with Crippen molar-refractivity contribution in [2.45, 2.75) is 43.6 Å². The molecular formula is C17H23NO3. The van der Waals surface area contributed by atoms with Crippen molar-refractivity contribution in [3.05, 3.63) is 35.4 Å². The molecule has 2 fully saturated rings. The van der Waals surface area contributed by atoms with Crippen LogP contribution in [-0.4, -0.2) is 54.6 Å². The summed E-state index contributed by atoms with van der Waals surface area (Å²) in [7, 11) is 0. The number of morpholine rings is 1. The van der Waals surface area contributed by atoms with Gasteiger partial charge in [-0.1, -0.05) is 24.3 Å². The highest BCUT2D eigenvalue weighted by Crippen LogP contribution is 2.35. The van der Waals surface area contributed by atoms with Gasteiger partial charge >= 0.3 is 0 Å². The van der Waals surface area contributed by atoms with Crippen molar-refractivity contribution in [2.24, 2.45) is 0 Å². The molecule has 4 nitrogen and oxygen atoms in total. The normalized spacial score (nSPS) is 36.8. The summed E-state index contributed by atoms with van der Waals surface area (Å²) in [4.78, 5) is 2.40. The van der Waals surface area contributed by atoms with Crippen LogP contribution in [0.2, 0.25) is 0 Å². The van der Waals surface area contributed by atoms with Gasteiger partial charge in [-0.05, 0) is 30.4 Å². The average Bonchev–Trinajstić information content (AvgIpc) is 3.16. The van der Waals surface area contributed by atoms with Gasteiger partial charge in [-0.25, -0.2) is 0 Å². The number of ether oxygens (including phenoxy) is 2. The first kappa shape index (κ1) is 13.7. The van der Waals surface area contributed by atoms with E-state index in [2.05, 4.69) is 23.1 Å². The lowest BCUT2D eigenvalue weighted by atomic mass is 10.0. The van der Waals surface area contributed by atoms with E-state index in [-0.39, 0.29) is 24.4 Å². The molecule has 3 aliphatic rings. The van der Waals surface area contributed by atoms with E-state index in [1.165, 1.54) is 5.56 Å². The first-order valence-corrected chi connectivity index (χ1v) is 8.06. The number of hydrogen-bond acceptors (Lipinski definition) is 4. The van der Waals surface area contributed by atoms with Gasteiger partial charge in [0.2, 0.25) is 0 Å². The summed E-state index contributed by atoms with van der Waals surface area (Å²) in [6.45, 7) is 3.38. The van der Waals surface area contributed by atoms with Crippen LogP contribution in [0.5, 0.6) is 0 Å². The second-order valence-corrected chi connectivity index (χ2v) is 6.37. The molecule has 4 atom stereocenters. The monoisotopic (exact) mass is 289 g/mol. The van der Waals surface area contributed by atoms with Crippen molar-refractivity contribution in [2.75, 3.05) is 26.3 Å². The zero-order valence-electron chi connectivity index (χ0n) is 12.3. The molecule has 1 aliphatic carbocycles. The lowest BCUT2D eigenvalue weighted by Gasteiger charge is -2.39. The quantitative estimate of drug-likeness (QED) is 0.896. The summed E-state index contributed by atoms with van der Waals surface area (Å²) >= 11 is 0. The van der Waals surface area contributed by atoms with Gasteiger partial charge in [-0.15, -0.1) is 0 Å². The standard InChI is InChI=1S/C17H23NO3/c19-17-13-5-2-1-4-12(13)10-14(17)18-7-9-21-16(11-18)15-6-3-8-20-15/h1-2,4-5,14-17,19H,3,6-11H2. The summed E-state index contributed by atoms with van der Waals surface area (Å²) in [6.07, 6.45) is 3.22. The Hall–Kier alpha value is -0.940. The minimum absolute atomic E-state index is 0.164. The highest BCUT2D eigenvalue weighted by atomic mass is 16.5. The number of aliphatic hydroxyl groups excluding tert-OH is 1. The molecule has 114 valence electrons. The van der Waals surface area contributed by atoms with Crippen LogP contribution in [-0.2, 0) is 15.9 Å². The van der Waals surface area contributed by atoms with Gasteiger partial charge in [0.1, 0.15) is 0 Å². The molecule has 1 aromatic rings. The van der Waals surface area contributed by atoms with Crippen LogP contribution in [0.1, 0.15) is 30.1 Å². The van der Waals surface area contributed by atoms with Gasteiger partial charge < -0.3 is 14.6 Å². The van der Waals surface area contributed by atoms with Crippen LogP contribution >= 0.6 is 0 Å². The molecule has 4 heteroatoms. The molecule has 0 spiro atoms. The summed E-state index contributed by atoms with van der Waals surface area (Å²) in [5.74, 6) is 0. The third kappa shape index (κ3) is 2.50. The highest BCUT2D eigenvalue weighted by molar-refractivity contribution is 5.36. The topological polar surface area (TPSA) is 41.9 Å². The van der Waals surface area contributed by atoms with Crippen molar-refractivity contribution in [1.82, 2.24) is 4.90 Å². The molecule has 0 amide bonds. The lowest BCUT2D eigenvalue weighted by molar-refractivity contribution is -0.111. The Morgan fingerprint density at radius 3 is 2.76 bits per heavy atom. The van der Waals surface area contributed by atoms with Crippen LogP contribution in [0.15, 0.2) is 24.3 Å². The number of aliphatic hydroxyl groups is 1. The van der Waals surface area contributed by atoms with Crippen LogP contribution in [0.4, 0.5) is 0 Å². The molecule has 1 N–H and O–H groups in total. The van der Waals surface area contributed by atoms with Crippen LogP contribution in [0, 0.1) is 0 Å². The molecule has 2 heterocycles. The van der Waals surface area contributed by atoms with Gasteiger partial charge in [0, 0.05) is 25.7 Å². The molecule has 4 rings (SSSR count). The Morgan fingerprint density at radius 2 is 1.95 bits per heavy atom. The zero-order valence-corrected chi connectivity index (χ0v) is 12.3. The fraction of sp³-hybridized carbons (Fsp3) is 0.647. The Bertz CT molecular complexity index is 501. The number of benzene rings is 1.